The lowest BCUT2D eigenvalue weighted by Crippen LogP contribution is -2.33. The Morgan fingerprint density at radius 3 is 2.22 bits per heavy atom. The number of hydrogen-bond donors (Lipinski definition) is 2. The van der Waals surface area contributed by atoms with Gasteiger partial charge in [0.25, 0.3) is 5.91 Å². The van der Waals surface area contributed by atoms with Crippen LogP contribution in [0.5, 0.6) is 11.5 Å². The smallest absolute Gasteiger partial charge is 0.257 e. The van der Waals surface area contributed by atoms with Gasteiger partial charge < -0.3 is 20.5 Å². The Morgan fingerprint density at radius 1 is 0.946 bits per heavy atom. The van der Waals surface area contributed by atoms with Crippen LogP contribution < -0.4 is 20.5 Å². The van der Waals surface area contributed by atoms with E-state index < -0.39 is 0 Å². The van der Waals surface area contributed by atoms with E-state index in [2.05, 4.69) is 17.4 Å². The van der Waals surface area contributed by atoms with Crippen LogP contribution in [-0.2, 0) is 6.42 Å². The predicted molar refractivity (Wildman–Crippen MR) is 146 cm³/mol. The summed E-state index contributed by atoms with van der Waals surface area (Å²) in [4.78, 5) is 23.3. The van der Waals surface area contributed by atoms with Crippen molar-refractivity contribution in [2.75, 3.05) is 20.0 Å². The zero-order valence-electron chi connectivity index (χ0n) is 21.1. The number of nitrogen functional groups attached to an aromatic ring is 1. The number of benzene rings is 3. The molecule has 0 radical (unpaired) electrons. The van der Waals surface area contributed by atoms with Crippen molar-refractivity contribution in [2.45, 2.75) is 25.8 Å². The Balaban J connectivity index is 1.58. The number of anilines is 1. The third-order valence-electron chi connectivity index (χ3n) is 6.41. The summed E-state index contributed by atoms with van der Waals surface area (Å²) < 4.78 is 12.6. The molecule has 0 bridgehead atoms. The lowest BCUT2D eigenvalue weighted by atomic mass is 10.1. The molecule has 3 N–H and O–H groups in total. The zero-order chi connectivity index (χ0) is 25.9. The molecule has 37 heavy (non-hydrogen) atoms. The maximum absolute atomic E-state index is 13.6. The Bertz CT molecular complexity index is 1560. The summed E-state index contributed by atoms with van der Waals surface area (Å²) in [6.07, 6.45) is 1.64. The van der Waals surface area contributed by atoms with Gasteiger partial charge in [0.2, 0.25) is 0 Å². The molecule has 5 rings (SSSR count). The normalized spacial score (nSPS) is 12.0. The fraction of sp³-hybridized carbons (Fsp3) is 0.207. The first-order valence-corrected chi connectivity index (χ1v) is 12.1. The van der Waals surface area contributed by atoms with Crippen LogP contribution in [0.4, 0.5) is 5.82 Å². The molecule has 8 heteroatoms. The predicted octanol–water partition coefficient (Wildman–Crippen LogP) is 4.92. The molecule has 0 aliphatic rings. The lowest BCUT2D eigenvalue weighted by Gasteiger charge is -2.14. The van der Waals surface area contributed by atoms with E-state index in [9.17, 15) is 4.79 Å². The summed E-state index contributed by atoms with van der Waals surface area (Å²) in [7, 11) is 3.16. The van der Waals surface area contributed by atoms with Gasteiger partial charge in [-0.3, -0.25) is 9.36 Å². The van der Waals surface area contributed by atoms with E-state index in [1.54, 1.807) is 24.9 Å². The molecule has 1 atom stereocenters. The number of carbonyl (C=O) groups excluding carboxylic acids is 1. The maximum Gasteiger partial charge on any atom is 0.257 e. The Hall–Kier alpha value is -4.59. The number of aromatic nitrogens is 3. The molecule has 2 aromatic heterocycles. The standard InChI is InChI=1S/C29H29N5O3/c1-18(13-14-19-9-5-4-6-10-19)31-29(35)25-26-28(33-24-12-8-7-11-23(24)32-26)34(27(25)30)20-15-21(36-2)17-22(16-20)37-3/h4-12,15-18H,13-14,30H2,1-3H3,(H,31,35). The van der Waals surface area contributed by atoms with Crippen LogP contribution in [0.3, 0.4) is 0 Å². The van der Waals surface area contributed by atoms with E-state index in [1.165, 1.54) is 5.56 Å². The van der Waals surface area contributed by atoms with Gasteiger partial charge in [0.15, 0.2) is 5.65 Å². The zero-order valence-corrected chi connectivity index (χ0v) is 21.1. The van der Waals surface area contributed by atoms with Crippen LogP contribution in [0.2, 0.25) is 0 Å². The molecule has 2 heterocycles. The van der Waals surface area contributed by atoms with Crippen LogP contribution in [0.15, 0.2) is 72.8 Å². The van der Waals surface area contributed by atoms with Crippen LogP contribution >= 0.6 is 0 Å². The molecule has 0 spiro atoms. The number of rotatable bonds is 8. The number of para-hydroxylation sites is 2. The Labute approximate surface area is 215 Å². The monoisotopic (exact) mass is 495 g/mol. The highest BCUT2D eigenvalue weighted by molar-refractivity contribution is 6.11. The third-order valence-corrected chi connectivity index (χ3v) is 6.41. The number of nitrogens with zero attached hydrogens (tertiary/aromatic N) is 3. The van der Waals surface area contributed by atoms with Crippen molar-refractivity contribution in [3.05, 3.63) is 83.9 Å². The molecule has 0 aliphatic carbocycles. The fourth-order valence-corrected chi connectivity index (χ4v) is 4.46. The summed E-state index contributed by atoms with van der Waals surface area (Å²) >= 11 is 0. The number of fused-ring (bicyclic) bond motifs is 2. The molecule has 0 saturated heterocycles. The van der Waals surface area contributed by atoms with Crippen molar-refractivity contribution in [1.29, 1.82) is 0 Å². The number of ether oxygens (including phenoxy) is 2. The minimum atomic E-state index is -0.291. The first-order valence-electron chi connectivity index (χ1n) is 12.1. The number of amides is 1. The van der Waals surface area contributed by atoms with Crippen molar-refractivity contribution in [2.24, 2.45) is 0 Å². The van der Waals surface area contributed by atoms with Crippen molar-refractivity contribution in [3.8, 4) is 17.2 Å². The molecule has 5 aromatic rings. The van der Waals surface area contributed by atoms with E-state index in [-0.39, 0.29) is 17.8 Å². The maximum atomic E-state index is 13.6. The van der Waals surface area contributed by atoms with Crippen LogP contribution in [0, 0.1) is 0 Å². The van der Waals surface area contributed by atoms with Gasteiger partial charge >= 0.3 is 0 Å². The quantitative estimate of drug-likeness (QED) is 0.317. The minimum absolute atomic E-state index is 0.0733. The van der Waals surface area contributed by atoms with Gasteiger partial charge in [0.1, 0.15) is 28.4 Å². The van der Waals surface area contributed by atoms with Gasteiger partial charge in [0, 0.05) is 24.2 Å². The van der Waals surface area contributed by atoms with Crippen LogP contribution in [0.1, 0.15) is 29.3 Å². The topological polar surface area (TPSA) is 104 Å². The molecule has 8 nitrogen and oxygen atoms in total. The highest BCUT2D eigenvalue weighted by Gasteiger charge is 2.26. The SMILES string of the molecule is COc1cc(OC)cc(-n2c(N)c(C(=O)NC(C)CCc3ccccc3)c3nc4ccccc4nc32)c1. The summed E-state index contributed by atoms with van der Waals surface area (Å²) in [5, 5.41) is 3.11. The van der Waals surface area contributed by atoms with E-state index in [4.69, 9.17) is 25.2 Å². The highest BCUT2D eigenvalue weighted by Crippen LogP contribution is 2.34. The third kappa shape index (κ3) is 4.78. The van der Waals surface area contributed by atoms with Gasteiger partial charge in [-0.2, -0.15) is 0 Å². The lowest BCUT2D eigenvalue weighted by molar-refractivity contribution is 0.0941. The van der Waals surface area contributed by atoms with Crippen molar-refractivity contribution >= 4 is 33.9 Å². The molecular weight excluding hydrogens is 466 g/mol. The molecule has 1 amide bonds. The molecule has 0 fully saturated rings. The number of hydrogen-bond acceptors (Lipinski definition) is 6. The molecular formula is C29H29N5O3. The Morgan fingerprint density at radius 2 is 1.57 bits per heavy atom. The largest absolute Gasteiger partial charge is 0.497 e. The van der Waals surface area contributed by atoms with E-state index in [1.807, 2.05) is 61.5 Å². The van der Waals surface area contributed by atoms with Gasteiger partial charge in [-0.25, -0.2) is 9.97 Å². The van der Waals surface area contributed by atoms with Crippen LogP contribution in [0.25, 0.3) is 27.9 Å². The van der Waals surface area contributed by atoms with Crippen LogP contribution in [-0.4, -0.2) is 40.7 Å². The summed E-state index contributed by atoms with van der Waals surface area (Å²) in [5.74, 6) is 1.13. The fourth-order valence-electron chi connectivity index (χ4n) is 4.46. The summed E-state index contributed by atoms with van der Waals surface area (Å²) in [5.41, 5.74) is 11.1. The van der Waals surface area contributed by atoms with Crippen molar-refractivity contribution in [1.82, 2.24) is 19.9 Å². The van der Waals surface area contributed by atoms with Crippen molar-refractivity contribution < 1.29 is 14.3 Å². The van der Waals surface area contributed by atoms with E-state index >= 15 is 0 Å². The second-order valence-corrected chi connectivity index (χ2v) is 8.95. The molecule has 3 aromatic carbocycles. The molecule has 1 unspecified atom stereocenters. The molecule has 0 aliphatic heterocycles. The van der Waals surface area contributed by atoms with Crippen molar-refractivity contribution in [3.63, 3.8) is 0 Å². The Kier molecular flexibility index (Phi) is 6.64. The average molecular weight is 496 g/mol. The van der Waals surface area contributed by atoms with E-state index in [0.717, 1.165) is 12.8 Å². The number of aryl methyl sites for hydroxylation is 1. The number of nitrogens with two attached hydrogens (primary N) is 1. The first-order chi connectivity index (χ1) is 18.0. The van der Waals surface area contributed by atoms with E-state index in [0.29, 0.717) is 44.9 Å². The van der Waals surface area contributed by atoms with Gasteiger partial charge in [-0.15, -0.1) is 0 Å². The summed E-state index contributed by atoms with van der Waals surface area (Å²) in [6, 6.07) is 23.1. The first kappa shape index (κ1) is 24.1. The summed E-state index contributed by atoms with van der Waals surface area (Å²) in [6.45, 7) is 1.99. The average Bonchev–Trinajstić information content (AvgIpc) is 3.21. The second-order valence-electron chi connectivity index (χ2n) is 8.95. The molecule has 188 valence electrons. The number of carbonyl (C=O) groups is 1. The second kappa shape index (κ2) is 10.2. The van der Waals surface area contributed by atoms with Gasteiger partial charge in [-0.1, -0.05) is 42.5 Å². The van der Waals surface area contributed by atoms with Gasteiger partial charge in [0.05, 0.1) is 30.9 Å². The number of methoxy groups -OCH3 is 2. The van der Waals surface area contributed by atoms with Gasteiger partial charge in [-0.05, 0) is 37.5 Å². The molecule has 0 saturated carbocycles. The minimum Gasteiger partial charge on any atom is -0.497 e. The highest BCUT2D eigenvalue weighted by atomic mass is 16.5. The number of nitrogens with one attached hydrogen (secondary N) is 1.